The molecule has 16 heavy (non-hydrogen) atoms. The number of aliphatic hydroxyl groups excluding tert-OH is 1. The van der Waals surface area contributed by atoms with Gasteiger partial charge in [-0.25, -0.2) is 4.98 Å². The van der Waals surface area contributed by atoms with Crippen LogP contribution in [0, 0.1) is 0 Å². The summed E-state index contributed by atoms with van der Waals surface area (Å²) in [6.45, 7) is 4.01. The summed E-state index contributed by atoms with van der Waals surface area (Å²) in [5, 5.41) is 15.8. The number of benzene rings is 1. The second-order valence-corrected chi connectivity index (χ2v) is 4.25. The fourth-order valence-electron chi connectivity index (χ4n) is 1.63. The summed E-state index contributed by atoms with van der Waals surface area (Å²) in [5.74, 6) is 1.20. The van der Waals surface area contributed by atoms with Crippen molar-refractivity contribution in [2.45, 2.75) is 25.9 Å². The fourth-order valence-corrected chi connectivity index (χ4v) is 1.63. The van der Waals surface area contributed by atoms with E-state index >= 15 is 0 Å². The second-order valence-electron chi connectivity index (χ2n) is 4.25. The van der Waals surface area contributed by atoms with E-state index in [1.165, 1.54) is 0 Å². The van der Waals surface area contributed by atoms with Gasteiger partial charge >= 0.3 is 0 Å². The molecule has 0 radical (unpaired) electrons. The van der Waals surface area contributed by atoms with Crippen molar-refractivity contribution in [2.75, 3.05) is 0 Å². The summed E-state index contributed by atoms with van der Waals surface area (Å²) in [5.41, 5.74) is 0.893. The van der Waals surface area contributed by atoms with Gasteiger partial charge in [0.15, 0.2) is 5.82 Å². The van der Waals surface area contributed by atoms with Gasteiger partial charge in [-0.3, -0.25) is 5.10 Å². The number of nitrogens with one attached hydrogen (secondary N) is 1. The first-order valence-electron chi connectivity index (χ1n) is 5.22. The Morgan fingerprint density at radius 3 is 2.50 bits per heavy atom. The highest BCUT2D eigenvalue weighted by Gasteiger charge is 2.27. The van der Waals surface area contributed by atoms with Crippen molar-refractivity contribution in [3.05, 3.63) is 47.5 Å². The average Bonchev–Trinajstić information content (AvgIpc) is 2.79. The van der Waals surface area contributed by atoms with Gasteiger partial charge in [0.2, 0.25) is 0 Å². The minimum atomic E-state index is -0.259. The van der Waals surface area contributed by atoms with E-state index in [0.717, 1.165) is 5.56 Å². The standard InChI is InChI=1S/C12H15N3O/c1-12(2,9-6-4-3-5-7-9)11-13-10(8-16)14-15-11/h3-7,16H,8H2,1-2H3,(H,13,14,15). The first-order valence-corrected chi connectivity index (χ1v) is 5.22. The van der Waals surface area contributed by atoms with Gasteiger partial charge in [0.25, 0.3) is 0 Å². The molecule has 1 heterocycles. The van der Waals surface area contributed by atoms with E-state index in [0.29, 0.717) is 11.6 Å². The van der Waals surface area contributed by atoms with Crippen molar-refractivity contribution >= 4 is 0 Å². The van der Waals surface area contributed by atoms with Gasteiger partial charge in [0.05, 0.1) is 5.41 Å². The third kappa shape index (κ3) is 1.84. The van der Waals surface area contributed by atoms with Crippen LogP contribution in [0.1, 0.15) is 31.1 Å². The number of aliphatic hydroxyl groups is 1. The Bertz CT molecular complexity index is 462. The first kappa shape index (κ1) is 10.8. The Labute approximate surface area is 94.4 Å². The Kier molecular flexibility index (Phi) is 2.75. The molecule has 0 atom stereocenters. The molecule has 4 heteroatoms. The van der Waals surface area contributed by atoms with Gasteiger partial charge in [0.1, 0.15) is 12.4 Å². The Morgan fingerprint density at radius 2 is 1.94 bits per heavy atom. The molecule has 84 valence electrons. The van der Waals surface area contributed by atoms with Crippen molar-refractivity contribution in [2.24, 2.45) is 0 Å². The smallest absolute Gasteiger partial charge is 0.160 e. The van der Waals surface area contributed by atoms with Crippen molar-refractivity contribution in [1.29, 1.82) is 0 Å². The SMILES string of the molecule is CC(C)(c1ccccc1)c1n[nH]c(CO)n1. The summed E-state index contributed by atoms with van der Waals surface area (Å²) >= 11 is 0. The highest BCUT2D eigenvalue weighted by atomic mass is 16.3. The second kappa shape index (κ2) is 4.06. The lowest BCUT2D eigenvalue weighted by atomic mass is 9.84. The molecule has 0 saturated heterocycles. The van der Waals surface area contributed by atoms with Crippen LogP contribution in [0.3, 0.4) is 0 Å². The number of hydrogen-bond acceptors (Lipinski definition) is 3. The molecule has 0 amide bonds. The third-order valence-electron chi connectivity index (χ3n) is 2.74. The van der Waals surface area contributed by atoms with E-state index in [9.17, 15) is 0 Å². The maximum Gasteiger partial charge on any atom is 0.160 e. The number of H-pyrrole nitrogens is 1. The summed E-state index contributed by atoms with van der Waals surface area (Å²) in [6, 6.07) is 10.1. The van der Waals surface area contributed by atoms with Crippen molar-refractivity contribution < 1.29 is 5.11 Å². The molecular weight excluding hydrogens is 202 g/mol. The third-order valence-corrected chi connectivity index (χ3v) is 2.74. The van der Waals surface area contributed by atoms with Crippen LogP contribution in [0.25, 0.3) is 0 Å². The maximum absolute atomic E-state index is 8.95. The molecule has 0 aliphatic heterocycles. The average molecular weight is 217 g/mol. The van der Waals surface area contributed by atoms with Gasteiger partial charge in [-0.2, -0.15) is 5.10 Å². The predicted octanol–water partition coefficient (Wildman–Crippen LogP) is 1.62. The van der Waals surface area contributed by atoms with Crippen molar-refractivity contribution in [1.82, 2.24) is 15.2 Å². The normalized spacial score (nSPS) is 11.7. The van der Waals surface area contributed by atoms with E-state index in [4.69, 9.17) is 5.11 Å². The molecule has 1 aromatic carbocycles. The summed E-state index contributed by atoms with van der Waals surface area (Å²) in [7, 11) is 0. The highest BCUT2D eigenvalue weighted by Crippen LogP contribution is 2.28. The van der Waals surface area contributed by atoms with Crippen LogP contribution in [0.5, 0.6) is 0 Å². The number of nitrogens with zero attached hydrogens (tertiary/aromatic N) is 2. The lowest BCUT2D eigenvalue weighted by Crippen LogP contribution is -2.20. The van der Waals surface area contributed by atoms with Crippen LogP contribution in [0.4, 0.5) is 0 Å². The molecule has 0 saturated carbocycles. The Morgan fingerprint density at radius 1 is 1.25 bits per heavy atom. The molecule has 0 unspecified atom stereocenters. The van der Waals surface area contributed by atoms with Gasteiger partial charge in [-0.05, 0) is 19.4 Å². The summed E-state index contributed by atoms with van der Waals surface area (Å²) in [4.78, 5) is 4.26. The van der Waals surface area contributed by atoms with Gasteiger partial charge in [-0.15, -0.1) is 0 Å². The highest BCUT2D eigenvalue weighted by molar-refractivity contribution is 5.30. The van der Waals surface area contributed by atoms with Gasteiger partial charge in [-0.1, -0.05) is 30.3 Å². The zero-order valence-corrected chi connectivity index (χ0v) is 9.44. The van der Waals surface area contributed by atoms with Crippen LogP contribution >= 0.6 is 0 Å². The number of rotatable bonds is 3. The largest absolute Gasteiger partial charge is 0.388 e. The molecule has 0 spiro atoms. The minimum Gasteiger partial charge on any atom is -0.388 e. The van der Waals surface area contributed by atoms with E-state index in [-0.39, 0.29) is 12.0 Å². The van der Waals surface area contributed by atoms with Gasteiger partial charge < -0.3 is 5.11 Å². The van der Waals surface area contributed by atoms with E-state index < -0.39 is 0 Å². The van der Waals surface area contributed by atoms with E-state index in [1.54, 1.807) is 0 Å². The fraction of sp³-hybridized carbons (Fsp3) is 0.333. The van der Waals surface area contributed by atoms with Crippen LogP contribution in [-0.4, -0.2) is 20.3 Å². The molecule has 0 bridgehead atoms. The molecule has 1 aromatic heterocycles. The van der Waals surface area contributed by atoms with Crippen LogP contribution < -0.4 is 0 Å². The topological polar surface area (TPSA) is 61.8 Å². The lowest BCUT2D eigenvalue weighted by Gasteiger charge is -2.21. The molecule has 2 N–H and O–H groups in total. The van der Waals surface area contributed by atoms with Gasteiger partial charge in [0, 0.05) is 0 Å². The first-order chi connectivity index (χ1) is 7.64. The molecule has 2 rings (SSSR count). The molecule has 0 aliphatic carbocycles. The number of hydrogen-bond donors (Lipinski definition) is 2. The maximum atomic E-state index is 8.95. The zero-order chi connectivity index (χ0) is 11.6. The molecule has 2 aromatic rings. The quantitative estimate of drug-likeness (QED) is 0.821. The minimum absolute atomic E-state index is 0.113. The van der Waals surface area contributed by atoms with Crippen LogP contribution in [-0.2, 0) is 12.0 Å². The van der Waals surface area contributed by atoms with Crippen molar-refractivity contribution in [3.8, 4) is 0 Å². The van der Waals surface area contributed by atoms with Crippen LogP contribution in [0.2, 0.25) is 0 Å². The predicted molar refractivity (Wildman–Crippen MR) is 60.9 cm³/mol. The summed E-state index contributed by atoms with van der Waals surface area (Å²) < 4.78 is 0. The Balaban J connectivity index is 2.38. The Hall–Kier alpha value is -1.68. The molecule has 0 fully saturated rings. The number of aromatic amines is 1. The summed E-state index contributed by atoms with van der Waals surface area (Å²) in [6.07, 6.45) is 0. The zero-order valence-electron chi connectivity index (χ0n) is 9.44. The monoisotopic (exact) mass is 217 g/mol. The van der Waals surface area contributed by atoms with E-state index in [2.05, 4.69) is 41.2 Å². The van der Waals surface area contributed by atoms with Crippen molar-refractivity contribution in [3.63, 3.8) is 0 Å². The van der Waals surface area contributed by atoms with E-state index in [1.807, 2.05) is 18.2 Å². The van der Waals surface area contributed by atoms with Crippen LogP contribution in [0.15, 0.2) is 30.3 Å². The molecule has 0 aliphatic rings. The molecular formula is C12H15N3O. The molecule has 4 nitrogen and oxygen atoms in total. The lowest BCUT2D eigenvalue weighted by molar-refractivity contribution is 0.271. The number of aromatic nitrogens is 3.